The zero-order chi connectivity index (χ0) is 20.9. The van der Waals surface area contributed by atoms with Gasteiger partial charge in [0, 0.05) is 18.3 Å². The van der Waals surface area contributed by atoms with Crippen LogP contribution in [0.2, 0.25) is 0 Å². The van der Waals surface area contributed by atoms with Crippen LogP contribution in [0.4, 0.5) is 28.4 Å². The fourth-order valence-corrected chi connectivity index (χ4v) is 2.95. The fraction of sp³-hybridized carbons (Fsp3) is 0.200. The summed E-state index contributed by atoms with van der Waals surface area (Å²) in [5.41, 5.74) is -0.387. The molecule has 2 rings (SSSR count). The van der Waals surface area contributed by atoms with E-state index in [2.05, 4.69) is 10.2 Å². The molecule has 29 heavy (non-hydrogen) atoms. The maximum atomic E-state index is 11.1. The molecule has 2 aromatic carbocycles. The summed E-state index contributed by atoms with van der Waals surface area (Å²) in [5.74, 6) is -0.681. The van der Waals surface area contributed by atoms with Gasteiger partial charge in [0.05, 0.1) is 21.6 Å². The van der Waals surface area contributed by atoms with Crippen LogP contribution in [-0.2, 0) is 10.1 Å². The van der Waals surface area contributed by atoms with E-state index in [0.717, 1.165) is 18.2 Å². The molecule has 0 radical (unpaired) electrons. The van der Waals surface area contributed by atoms with E-state index in [1.54, 1.807) is 6.92 Å². The van der Waals surface area contributed by atoms with Crippen molar-refractivity contribution in [1.82, 2.24) is 0 Å². The predicted molar refractivity (Wildman–Crippen MR) is 98.0 cm³/mol. The van der Waals surface area contributed by atoms with Crippen molar-refractivity contribution in [2.75, 3.05) is 17.3 Å². The van der Waals surface area contributed by atoms with Gasteiger partial charge in [-0.05, 0) is 37.3 Å². The normalized spacial score (nSPS) is 11.1. The van der Waals surface area contributed by atoms with E-state index in [0.29, 0.717) is 11.4 Å². The molecule has 0 aliphatic heterocycles. The maximum Gasteiger partial charge on any atom is 1.00 e. The molecule has 0 N–H and O–H groups in total. The molecule has 0 aromatic heterocycles. The summed E-state index contributed by atoms with van der Waals surface area (Å²) in [5, 5.41) is 29.4. The summed E-state index contributed by atoms with van der Waals surface area (Å²) in [6, 6.07) is 8.99. The monoisotopic (exact) mass is 431 g/mol. The Morgan fingerprint density at radius 2 is 1.62 bits per heavy atom. The zero-order valence-corrected chi connectivity index (χ0v) is 18.3. The van der Waals surface area contributed by atoms with Gasteiger partial charge < -0.3 is 9.45 Å². The first-order chi connectivity index (χ1) is 13.1. The molecule has 0 saturated carbocycles. The Hall–Kier alpha value is -2.45. The molecule has 148 valence electrons. The van der Waals surface area contributed by atoms with E-state index in [4.69, 9.17) is 0 Å². The van der Waals surface area contributed by atoms with Gasteiger partial charge in [0.25, 0.3) is 5.69 Å². The smallest absolute Gasteiger partial charge is 0.747 e. The third-order valence-electron chi connectivity index (χ3n) is 3.55. The predicted octanol–water partition coefficient (Wildman–Crippen LogP) is 0.251. The average Bonchev–Trinajstić information content (AvgIpc) is 2.63. The van der Waals surface area contributed by atoms with Gasteiger partial charge in [-0.1, -0.05) is 0 Å². The van der Waals surface area contributed by atoms with Crippen LogP contribution in [0.3, 0.4) is 0 Å². The summed E-state index contributed by atoms with van der Waals surface area (Å²) in [6.45, 7) is 1.98. The average molecular weight is 431 g/mol. The van der Waals surface area contributed by atoms with Crippen LogP contribution >= 0.6 is 0 Å². The maximum absolute atomic E-state index is 11.1. The van der Waals surface area contributed by atoms with E-state index in [1.165, 1.54) is 29.2 Å². The third-order valence-corrected chi connectivity index (χ3v) is 4.18. The van der Waals surface area contributed by atoms with E-state index < -0.39 is 37.2 Å². The summed E-state index contributed by atoms with van der Waals surface area (Å²) >= 11 is 0. The van der Waals surface area contributed by atoms with Gasteiger partial charge in [-0.3, -0.25) is 20.2 Å². The first kappa shape index (κ1) is 24.6. The molecule has 0 saturated heterocycles. The summed E-state index contributed by atoms with van der Waals surface area (Å²) in [6.07, 6.45) is 0. The molecule has 12 nitrogen and oxygen atoms in total. The Balaban J connectivity index is 0.00000420. The van der Waals surface area contributed by atoms with Gasteiger partial charge in [0.2, 0.25) is 0 Å². The SMILES string of the molecule is CCN(CS(=O)(=O)[O-])c1ccc(N=Nc2ccc([N+](=O)[O-])cc2[N+](=O)[O-])cc1.[Na+]. The quantitative estimate of drug-likeness (QED) is 0.188. The number of nitrogens with zero attached hydrogens (tertiary/aromatic N) is 5. The minimum absolute atomic E-state index is 0. The molecule has 0 aliphatic carbocycles. The van der Waals surface area contributed by atoms with Crippen molar-refractivity contribution < 1.29 is 52.4 Å². The minimum Gasteiger partial charge on any atom is -0.747 e. The summed E-state index contributed by atoms with van der Waals surface area (Å²) in [7, 11) is -4.44. The molecule has 0 fully saturated rings. The zero-order valence-electron chi connectivity index (χ0n) is 15.5. The van der Waals surface area contributed by atoms with Gasteiger partial charge in [0.15, 0.2) is 5.69 Å². The second kappa shape index (κ2) is 10.4. The molecule has 0 spiro atoms. The molecule has 14 heteroatoms. The topological polar surface area (TPSA) is 171 Å². The second-order valence-corrected chi connectivity index (χ2v) is 6.82. The van der Waals surface area contributed by atoms with Crippen molar-refractivity contribution in [2.45, 2.75) is 6.92 Å². The Kier molecular flexibility index (Phi) is 8.79. The number of anilines is 1. The van der Waals surface area contributed by atoms with Crippen LogP contribution in [0.5, 0.6) is 0 Å². The van der Waals surface area contributed by atoms with Crippen LogP contribution in [0.1, 0.15) is 6.92 Å². The molecular weight excluding hydrogens is 417 g/mol. The van der Waals surface area contributed by atoms with Gasteiger partial charge in [-0.15, -0.1) is 5.11 Å². The summed E-state index contributed by atoms with van der Waals surface area (Å²) in [4.78, 5) is 21.6. The number of non-ortho nitro benzene ring substituents is 1. The molecule has 0 aliphatic rings. The Morgan fingerprint density at radius 1 is 1.00 bits per heavy atom. The molecule has 2 aromatic rings. The van der Waals surface area contributed by atoms with Crippen molar-refractivity contribution in [2.24, 2.45) is 10.2 Å². The van der Waals surface area contributed by atoms with E-state index in [1.807, 2.05) is 0 Å². The number of benzene rings is 2. The van der Waals surface area contributed by atoms with E-state index in [9.17, 15) is 33.2 Å². The standard InChI is InChI=1S/C15H15N5O7S.Na/c1-2-18(10-28(25,26)27)12-5-3-11(4-6-12)16-17-14-8-7-13(19(21)22)9-15(14)20(23)24;/h3-9H,2,10H2,1H3,(H,25,26,27);/q;+1/p-1. The van der Waals surface area contributed by atoms with E-state index >= 15 is 0 Å². The fourth-order valence-electron chi connectivity index (χ4n) is 2.24. The van der Waals surface area contributed by atoms with Crippen molar-refractivity contribution in [1.29, 1.82) is 0 Å². The van der Waals surface area contributed by atoms with Gasteiger partial charge in [0.1, 0.15) is 16.0 Å². The first-order valence-electron chi connectivity index (χ1n) is 7.74. The van der Waals surface area contributed by atoms with Crippen molar-refractivity contribution >= 4 is 38.6 Å². The molecule has 0 heterocycles. The van der Waals surface area contributed by atoms with Crippen LogP contribution in [-0.4, -0.2) is 35.2 Å². The van der Waals surface area contributed by atoms with Crippen LogP contribution in [0.25, 0.3) is 0 Å². The number of azo groups is 1. The Bertz CT molecular complexity index is 1030. The molecule has 0 bridgehead atoms. The minimum atomic E-state index is -4.44. The van der Waals surface area contributed by atoms with Gasteiger partial charge in [-0.25, -0.2) is 8.42 Å². The second-order valence-electron chi connectivity index (χ2n) is 5.45. The Morgan fingerprint density at radius 3 is 2.10 bits per heavy atom. The first-order valence-corrected chi connectivity index (χ1v) is 9.31. The third kappa shape index (κ3) is 7.14. The van der Waals surface area contributed by atoms with Crippen molar-refractivity contribution in [3.63, 3.8) is 0 Å². The molecular formula is C15H14N5NaO7S. The van der Waals surface area contributed by atoms with Crippen LogP contribution in [0.15, 0.2) is 52.7 Å². The van der Waals surface area contributed by atoms with Gasteiger partial charge >= 0.3 is 35.2 Å². The Labute approximate surface area is 187 Å². The number of nitro groups is 2. The number of rotatable bonds is 8. The molecule has 0 amide bonds. The van der Waals surface area contributed by atoms with E-state index in [-0.39, 0.29) is 41.8 Å². The molecule has 0 unspecified atom stereocenters. The number of nitro benzene ring substituents is 2. The van der Waals surface area contributed by atoms with Crippen molar-refractivity contribution in [3.05, 3.63) is 62.7 Å². The van der Waals surface area contributed by atoms with Gasteiger partial charge in [-0.2, -0.15) is 5.11 Å². The number of hydrogen-bond acceptors (Lipinski definition) is 10. The number of hydrogen-bond donors (Lipinski definition) is 0. The largest absolute Gasteiger partial charge is 1.00 e. The van der Waals surface area contributed by atoms with Crippen LogP contribution in [0, 0.1) is 20.2 Å². The van der Waals surface area contributed by atoms with Crippen molar-refractivity contribution in [3.8, 4) is 0 Å². The summed E-state index contributed by atoms with van der Waals surface area (Å²) < 4.78 is 32.8. The van der Waals surface area contributed by atoms with Crippen LogP contribution < -0.4 is 34.5 Å². The molecule has 0 atom stereocenters.